The highest BCUT2D eigenvalue weighted by Gasteiger charge is 2.14. The molecule has 4 N–H and O–H groups in total. The summed E-state index contributed by atoms with van der Waals surface area (Å²) in [6.45, 7) is 2.42. The SMILES string of the molecule is COCCNC(=O)c1ccccc1NC(=O)C(C)N. The first kappa shape index (κ1) is 15.1. The number of carbonyl (C=O) groups is 2. The molecule has 19 heavy (non-hydrogen) atoms. The Morgan fingerprint density at radius 1 is 1.37 bits per heavy atom. The van der Waals surface area contributed by atoms with Crippen molar-refractivity contribution in [2.24, 2.45) is 5.73 Å². The first-order valence-corrected chi connectivity index (χ1v) is 5.99. The number of hydrogen-bond acceptors (Lipinski definition) is 4. The van der Waals surface area contributed by atoms with Crippen LogP contribution in [0.2, 0.25) is 0 Å². The van der Waals surface area contributed by atoms with Gasteiger partial charge in [-0.3, -0.25) is 9.59 Å². The summed E-state index contributed by atoms with van der Waals surface area (Å²) in [6, 6.07) is 6.13. The van der Waals surface area contributed by atoms with E-state index in [0.717, 1.165) is 0 Å². The molecule has 1 atom stereocenters. The molecule has 0 saturated carbocycles. The second-order valence-corrected chi connectivity index (χ2v) is 4.07. The maximum Gasteiger partial charge on any atom is 0.253 e. The molecule has 1 aromatic carbocycles. The lowest BCUT2D eigenvalue weighted by atomic mass is 10.1. The number of hydrogen-bond donors (Lipinski definition) is 3. The zero-order valence-electron chi connectivity index (χ0n) is 11.1. The van der Waals surface area contributed by atoms with Crippen LogP contribution in [0.5, 0.6) is 0 Å². The Labute approximate surface area is 112 Å². The van der Waals surface area contributed by atoms with Crippen molar-refractivity contribution in [3.05, 3.63) is 29.8 Å². The van der Waals surface area contributed by atoms with E-state index in [9.17, 15) is 9.59 Å². The van der Waals surface area contributed by atoms with Crippen LogP contribution in [0.4, 0.5) is 5.69 Å². The molecular weight excluding hydrogens is 246 g/mol. The Hall–Kier alpha value is -1.92. The Morgan fingerprint density at radius 3 is 2.68 bits per heavy atom. The van der Waals surface area contributed by atoms with Crippen molar-refractivity contribution >= 4 is 17.5 Å². The number of nitrogens with one attached hydrogen (secondary N) is 2. The fourth-order valence-electron chi connectivity index (χ4n) is 1.40. The Kier molecular flexibility index (Phi) is 5.98. The third-order valence-electron chi connectivity index (χ3n) is 2.43. The standard InChI is InChI=1S/C13H19N3O3/c1-9(14)12(17)16-11-6-4-3-5-10(11)13(18)15-7-8-19-2/h3-6,9H,7-8,14H2,1-2H3,(H,15,18)(H,16,17). The highest BCUT2D eigenvalue weighted by molar-refractivity contribution is 6.04. The summed E-state index contributed by atoms with van der Waals surface area (Å²) in [5.74, 6) is -0.602. The van der Waals surface area contributed by atoms with E-state index in [4.69, 9.17) is 10.5 Å². The van der Waals surface area contributed by atoms with E-state index in [1.807, 2.05) is 0 Å². The lowest BCUT2D eigenvalue weighted by molar-refractivity contribution is -0.117. The smallest absolute Gasteiger partial charge is 0.253 e. The van der Waals surface area contributed by atoms with Gasteiger partial charge >= 0.3 is 0 Å². The van der Waals surface area contributed by atoms with Crippen molar-refractivity contribution in [1.82, 2.24) is 5.32 Å². The monoisotopic (exact) mass is 265 g/mol. The lowest BCUT2D eigenvalue weighted by Gasteiger charge is -2.12. The molecule has 0 spiro atoms. The van der Waals surface area contributed by atoms with E-state index in [2.05, 4.69) is 10.6 Å². The van der Waals surface area contributed by atoms with Gasteiger partial charge in [0.1, 0.15) is 0 Å². The van der Waals surface area contributed by atoms with Crippen molar-refractivity contribution in [3.63, 3.8) is 0 Å². The lowest BCUT2D eigenvalue weighted by Crippen LogP contribution is -2.34. The van der Waals surface area contributed by atoms with Gasteiger partial charge < -0.3 is 21.1 Å². The highest BCUT2D eigenvalue weighted by Crippen LogP contribution is 2.14. The minimum absolute atomic E-state index is 0.266. The van der Waals surface area contributed by atoms with Crippen LogP contribution in [0.25, 0.3) is 0 Å². The minimum Gasteiger partial charge on any atom is -0.383 e. The van der Waals surface area contributed by atoms with Crippen LogP contribution in [-0.4, -0.2) is 38.1 Å². The van der Waals surface area contributed by atoms with Gasteiger partial charge in [0, 0.05) is 13.7 Å². The minimum atomic E-state index is -0.635. The molecule has 0 bridgehead atoms. The fraction of sp³-hybridized carbons (Fsp3) is 0.385. The number of carbonyl (C=O) groups excluding carboxylic acids is 2. The number of rotatable bonds is 6. The zero-order valence-corrected chi connectivity index (χ0v) is 11.1. The van der Waals surface area contributed by atoms with Crippen LogP contribution in [-0.2, 0) is 9.53 Å². The molecule has 104 valence electrons. The van der Waals surface area contributed by atoms with Gasteiger partial charge in [-0.15, -0.1) is 0 Å². The summed E-state index contributed by atoms with van der Waals surface area (Å²) in [4.78, 5) is 23.5. The molecule has 1 rings (SSSR count). The first-order chi connectivity index (χ1) is 9.06. The molecule has 0 fully saturated rings. The number of nitrogens with two attached hydrogens (primary N) is 1. The van der Waals surface area contributed by atoms with Crippen LogP contribution in [0.3, 0.4) is 0 Å². The Balaban J connectivity index is 2.77. The van der Waals surface area contributed by atoms with Crippen LogP contribution >= 0.6 is 0 Å². The Morgan fingerprint density at radius 2 is 2.05 bits per heavy atom. The van der Waals surface area contributed by atoms with E-state index in [1.54, 1.807) is 38.3 Å². The number of methoxy groups -OCH3 is 1. The van der Waals surface area contributed by atoms with Crippen molar-refractivity contribution in [2.75, 3.05) is 25.6 Å². The zero-order chi connectivity index (χ0) is 14.3. The molecule has 1 unspecified atom stereocenters. The van der Waals surface area contributed by atoms with Crippen LogP contribution in [0.15, 0.2) is 24.3 Å². The van der Waals surface area contributed by atoms with E-state index in [0.29, 0.717) is 24.4 Å². The molecular formula is C13H19N3O3. The molecule has 0 aliphatic heterocycles. The molecule has 0 aliphatic carbocycles. The summed E-state index contributed by atoms with van der Waals surface area (Å²) >= 11 is 0. The summed E-state index contributed by atoms with van der Waals surface area (Å²) in [7, 11) is 1.56. The van der Waals surface area contributed by atoms with Gasteiger partial charge in [0.15, 0.2) is 0 Å². The van der Waals surface area contributed by atoms with Gasteiger partial charge in [0.05, 0.1) is 23.9 Å². The second kappa shape index (κ2) is 7.50. The van der Waals surface area contributed by atoms with Crippen molar-refractivity contribution in [3.8, 4) is 0 Å². The topological polar surface area (TPSA) is 93.5 Å². The van der Waals surface area contributed by atoms with Gasteiger partial charge in [0.25, 0.3) is 5.91 Å². The van der Waals surface area contributed by atoms with E-state index < -0.39 is 6.04 Å². The molecule has 0 radical (unpaired) electrons. The third-order valence-corrected chi connectivity index (χ3v) is 2.43. The van der Waals surface area contributed by atoms with E-state index in [-0.39, 0.29) is 11.8 Å². The number of benzene rings is 1. The van der Waals surface area contributed by atoms with Gasteiger partial charge in [-0.05, 0) is 19.1 Å². The van der Waals surface area contributed by atoms with Crippen LogP contribution in [0, 0.1) is 0 Å². The highest BCUT2D eigenvalue weighted by atomic mass is 16.5. The average Bonchev–Trinajstić information content (AvgIpc) is 2.39. The summed E-state index contributed by atoms with van der Waals surface area (Å²) < 4.78 is 4.85. The number of amides is 2. The average molecular weight is 265 g/mol. The molecule has 0 aromatic heterocycles. The van der Waals surface area contributed by atoms with Crippen molar-refractivity contribution < 1.29 is 14.3 Å². The quantitative estimate of drug-likeness (QED) is 0.647. The van der Waals surface area contributed by atoms with Gasteiger partial charge in [0.2, 0.25) is 5.91 Å². The number of para-hydroxylation sites is 1. The molecule has 6 nitrogen and oxygen atoms in total. The van der Waals surface area contributed by atoms with Crippen molar-refractivity contribution in [2.45, 2.75) is 13.0 Å². The van der Waals surface area contributed by atoms with E-state index in [1.165, 1.54) is 0 Å². The predicted molar refractivity (Wildman–Crippen MR) is 72.9 cm³/mol. The summed E-state index contributed by atoms with van der Waals surface area (Å²) in [5.41, 5.74) is 6.32. The molecule has 2 amide bonds. The summed E-state index contributed by atoms with van der Waals surface area (Å²) in [5, 5.41) is 5.32. The molecule has 0 aliphatic rings. The fourth-order valence-corrected chi connectivity index (χ4v) is 1.40. The largest absolute Gasteiger partial charge is 0.383 e. The molecule has 0 saturated heterocycles. The number of ether oxygens (including phenoxy) is 1. The third kappa shape index (κ3) is 4.69. The molecule has 1 aromatic rings. The summed E-state index contributed by atoms with van der Waals surface area (Å²) in [6.07, 6.45) is 0. The van der Waals surface area contributed by atoms with Crippen LogP contribution < -0.4 is 16.4 Å². The second-order valence-electron chi connectivity index (χ2n) is 4.07. The predicted octanol–water partition coefficient (Wildman–Crippen LogP) is 0.349. The Bertz CT molecular complexity index is 447. The van der Waals surface area contributed by atoms with Crippen LogP contribution in [0.1, 0.15) is 17.3 Å². The number of anilines is 1. The van der Waals surface area contributed by atoms with E-state index >= 15 is 0 Å². The van der Waals surface area contributed by atoms with Gasteiger partial charge in [-0.25, -0.2) is 0 Å². The normalized spacial score (nSPS) is 11.7. The first-order valence-electron chi connectivity index (χ1n) is 5.99. The maximum atomic E-state index is 11.9. The van der Waals surface area contributed by atoms with Gasteiger partial charge in [-0.2, -0.15) is 0 Å². The molecule has 6 heteroatoms. The maximum absolute atomic E-state index is 11.9. The van der Waals surface area contributed by atoms with Gasteiger partial charge in [-0.1, -0.05) is 12.1 Å². The van der Waals surface area contributed by atoms with Crippen molar-refractivity contribution in [1.29, 1.82) is 0 Å². The molecule has 0 heterocycles.